The van der Waals surface area contributed by atoms with Crippen LogP contribution >= 0.6 is 0 Å². The number of carboxylic acids is 2. The number of carbonyl (C=O) groups excluding carboxylic acids is 1. The van der Waals surface area contributed by atoms with Crippen molar-refractivity contribution in [2.75, 3.05) is 13.1 Å². The molecule has 1 amide bonds. The molecule has 0 spiro atoms. The highest BCUT2D eigenvalue weighted by Gasteiger charge is 2.34. The number of rotatable bonds is 21. The molecule has 12 rings (SSSR count). The van der Waals surface area contributed by atoms with Gasteiger partial charge in [-0.1, -0.05) is 134 Å². The molecule has 89 heavy (non-hydrogen) atoms. The van der Waals surface area contributed by atoms with E-state index < -0.39 is 29.9 Å². The Hall–Kier alpha value is -9.22. The molecule has 2 saturated heterocycles. The van der Waals surface area contributed by atoms with Gasteiger partial charge >= 0.3 is 11.9 Å². The minimum absolute atomic E-state index is 0.243. The number of ether oxygens (including phenoxy) is 4. The first-order valence-corrected chi connectivity index (χ1v) is 31.4. The van der Waals surface area contributed by atoms with E-state index in [1.807, 2.05) is 48.5 Å². The lowest BCUT2D eigenvalue weighted by atomic mass is 9.96. The summed E-state index contributed by atoms with van der Waals surface area (Å²) in [7, 11) is 0. The molecule has 4 N–H and O–H groups in total. The lowest BCUT2D eigenvalue weighted by Crippen LogP contribution is -2.44. The summed E-state index contributed by atoms with van der Waals surface area (Å²) in [5, 5.41) is 29.3. The van der Waals surface area contributed by atoms with E-state index in [-0.39, 0.29) is 6.61 Å². The Balaban J connectivity index is 0.000000184. The van der Waals surface area contributed by atoms with E-state index in [9.17, 15) is 29.9 Å². The summed E-state index contributed by atoms with van der Waals surface area (Å²) in [6, 6.07) is 53.3. The Bertz CT molecular complexity index is 3900. The van der Waals surface area contributed by atoms with Crippen LogP contribution in [0.1, 0.15) is 134 Å². The largest absolute Gasteiger partial charge is 0.488 e. The first kappa shape index (κ1) is 61.4. The number of benzene rings is 8. The molecule has 2 heterocycles. The number of aliphatic carboxylic acids is 2. The van der Waals surface area contributed by atoms with E-state index in [1.54, 1.807) is 24.3 Å². The van der Waals surface area contributed by atoms with Crippen molar-refractivity contribution in [1.82, 2.24) is 9.80 Å². The highest BCUT2D eigenvalue weighted by molar-refractivity contribution is 5.92. The second-order valence-electron chi connectivity index (χ2n) is 23.9. The van der Waals surface area contributed by atoms with Gasteiger partial charge in [-0.3, -0.25) is 24.2 Å². The van der Waals surface area contributed by atoms with Gasteiger partial charge in [0.25, 0.3) is 0 Å². The molecule has 2 aliphatic heterocycles. The van der Waals surface area contributed by atoms with Crippen molar-refractivity contribution in [2.24, 2.45) is 5.73 Å². The molecule has 2 fully saturated rings. The number of nitrogens with two attached hydrogens (primary N) is 1. The first-order chi connectivity index (χ1) is 43.4. The normalized spacial score (nSPS) is 16.2. The third kappa shape index (κ3) is 14.5. The molecule has 0 radical (unpaired) electrons. The van der Waals surface area contributed by atoms with Gasteiger partial charge in [0.05, 0.1) is 11.6 Å². The summed E-state index contributed by atoms with van der Waals surface area (Å²) in [5.74, 6) is 1.05. The van der Waals surface area contributed by atoms with Crippen molar-refractivity contribution in [3.63, 3.8) is 0 Å². The van der Waals surface area contributed by atoms with Gasteiger partial charge in [-0.2, -0.15) is 5.26 Å². The highest BCUT2D eigenvalue weighted by atomic mass is 16.5. The zero-order chi connectivity index (χ0) is 61.8. The maximum atomic E-state index is 12.2. The van der Waals surface area contributed by atoms with Crippen LogP contribution in [-0.4, -0.2) is 63.0 Å². The predicted molar refractivity (Wildman–Crippen MR) is 345 cm³/mol. The van der Waals surface area contributed by atoms with E-state index in [2.05, 4.69) is 115 Å². The van der Waals surface area contributed by atoms with Crippen molar-refractivity contribution >= 4 is 17.8 Å². The van der Waals surface area contributed by atoms with Gasteiger partial charge in [-0.05, 0) is 193 Å². The summed E-state index contributed by atoms with van der Waals surface area (Å²) in [6.45, 7) is 8.23. The van der Waals surface area contributed by atoms with E-state index in [1.165, 1.54) is 55.6 Å². The number of likely N-dealkylation sites (tertiary alicyclic amines) is 2. The van der Waals surface area contributed by atoms with Crippen molar-refractivity contribution in [3.05, 3.63) is 236 Å². The molecule has 4 aliphatic rings. The number of hydrogen-bond donors (Lipinski definition) is 3. The number of nitriles is 1. The lowest BCUT2D eigenvalue weighted by Gasteiger charge is -2.34. The summed E-state index contributed by atoms with van der Waals surface area (Å²) in [6.07, 6.45) is 10.8. The topological polar surface area (TPSA) is 185 Å². The van der Waals surface area contributed by atoms with Gasteiger partial charge in [0.15, 0.2) is 0 Å². The molecular formula is C76H78N4O9. The molecule has 0 aromatic heterocycles. The molecule has 8 aromatic carbocycles. The molecule has 456 valence electrons. The molecule has 0 saturated carbocycles. The van der Waals surface area contributed by atoms with Crippen LogP contribution in [0, 0.1) is 25.2 Å². The number of carboxylic acid groups (broad SMARTS) is 2. The summed E-state index contributed by atoms with van der Waals surface area (Å²) < 4.78 is 26.2. The van der Waals surface area contributed by atoms with Crippen LogP contribution in [0.5, 0.6) is 23.0 Å². The summed E-state index contributed by atoms with van der Waals surface area (Å²) in [4.78, 5) is 40.3. The smallest absolute Gasteiger partial charge is 0.320 e. The fraction of sp³-hybridized carbons (Fsp3) is 0.316. The fourth-order valence-electron chi connectivity index (χ4n) is 13.5. The molecule has 2 atom stereocenters. The summed E-state index contributed by atoms with van der Waals surface area (Å²) >= 11 is 0. The van der Waals surface area contributed by atoms with Gasteiger partial charge < -0.3 is 34.9 Å². The average molecular weight is 1190 g/mol. The minimum atomic E-state index is -0.773. The maximum Gasteiger partial charge on any atom is 0.320 e. The minimum Gasteiger partial charge on any atom is -0.488 e. The number of amides is 1. The summed E-state index contributed by atoms with van der Waals surface area (Å²) in [5.41, 5.74) is 24.6. The van der Waals surface area contributed by atoms with Gasteiger partial charge in [0.2, 0.25) is 5.91 Å². The van der Waals surface area contributed by atoms with E-state index >= 15 is 0 Å². The van der Waals surface area contributed by atoms with Gasteiger partial charge in [-0.25, -0.2) is 0 Å². The third-order valence-corrected chi connectivity index (χ3v) is 18.3. The van der Waals surface area contributed by atoms with E-state index in [0.29, 0.717) is 62.6 Å². The van der Waals surface area contributed by atoms with Gasteiger partial charge in [0.1, 0.15) is 61.5 Å². The number of nitrogens with zero attached hydrogens (tertiary/aromatic N) is 3. The van der Waals surface area contributed by atoms with Crippen LogP contribution in [0.3, 0.4) is 0 Å². The van der Waals surface area contributed by atoms with Crippen molar-refractivity contribution < 1.29 is 43.5 Å². The number of piperidine rings is 2. The monoisotopic (exact) mass is 1190 g/mol. The zero-order valence-corrected chi connectivity index (χ0v) is 51.0. The van der Waals surface area contributed by atoms with Gasteiger partial charge in [0, 0.05) is 41.9 Å². The standard InChI is InChI=1S/C38H40N2O5.C38H38N2O4/c1-25-29(14-8-15-30(25)27-11-3-2-4-12-27)24-45-35-21-36(44-23-26-10-7-13-28(20-26)37(39)41)33(31-16-9-17-32(31)35)22-40-19-6-5-18-34(40)38(42)43;1-26-30(14-8-15-31(26)29-12-3-2-4-13-29)25-44-36-21-37(43-24-28-11-7-10-27(20-28)22-39)34(32-16-9-17-33(32)36)23-40-19-6-5-18-35(40)38(41)42/h2-4,7-8,10-15,20-21,34H,5-6,9,16-19,22-24H2,1H3,(H2,39,41)(H,42,43);2-4,7-8,10-15,20-21,35H,5-6,9,16-19,23-25H2,1H3,(H,41,42)/t34-;35-/m00/s1. The van der Waals surface area contributed by atoms with Crippen LogP contribution in [0.2, 0.25) is 0 Å². The second kappa shape index (κ2) is 28.7. The number of fused-ring (bicyclic) bond motifs is 2. The molecule has 13 nitrogen and oxygen atoms in total. The number of primary amides is 1. The lowest BCUT2D eigenvalue weighted by molar-refractivity contribution is -0.145. The Morgan fingerprint density at radius 3 is 1.39 bits per heavy atom. The molecule has 13 heteroatoms. The zero-order valence-electron chi connectivity index (χ0n) is 51.0. The van der Waals surface area contributed by atoms with Crippen LogP contribution in [-0.2, 0) is 74.8 Å². The second-order valence-corrected chi connectivity index (χ2v) is 23.9. The quantitative estimate of drug-likeness (QED) is 0.0619. The molecule has 8 aromatic rings. The fourth-order valence-corrected chi connectivity index (χ4v) is 13.5. The third-order valence-electron chi connectivity index (χ3n) is 18.3. The molecule has 0 unspecified atom stereocenters. The molecule has 2 aliphatic carbocycles. The number of carbonyl (C=O) groups is 3. The van der Waals surface area contributed by atoms with E-state index in [4.69, 9.17) is 24.7 Å². The van der Waals surface area contributed by atoms with Crippen molar-refractivity contribution in [1.29, 1.82) is 5.26 Å². The van der Waals surface area contributed by atoms with Crippen molar-refractivity contribution in [3.8, 4) is 51.3 Å². The Morgan fingerprint density at radius 2 is 0.933 bits per heavy atom. The van der Waals surface area contributed by atoms with Crippen LogP contribution < -0.4 is 24.7 Å². The maximum absolute atomic E-state index is 12.2. The Labute approximate surface area is 522 Å². The van der Waals surface area contributed by atoms with Crippen molar-refractivity contribution in [2.45, 2.75) is 142 Å². The molecular weight excluding hydrogens is 1110 g/mol. The van der Waals surface area contributed by atoms with E-state index in [0.717, 1.165) is 128 Å². The number of hydrogen-bond acceptors (Lipinski definition) is 10. The molecule has 0 bridgehead atoms. The van der Waals surface area contributed by atoms with Gasteiger partial charge in [-0.15, -0.1) is 0 Å². The highest BCUT2D eigenvalue weighted by Crippen LogP contribution is 2.44. The van der Waals surface area contributed by atoms with Crippen LogP contribution in [0.15, 0.2) is 158 Å². The van der Waals surface area contributed by atoms with Crippen LogP contribution in [0.4, 0.5) is 0 Å². The first-order valence-electron chi connectivity index (χ1n) is 31.4. The predicted octanol–water partition coefficient (Wildman–Crippen LogP) is 14.5. The Morgan fingerprint density at radius 1 is 0.494 bits per heavy atom. The Kier molecular flexibility index (Phi) is 19.8. The SMILES string of the molecule is Cc1c(COc2cc(OCc3cccc(C#N)c3)c(CN3CCCC[C@H]3C(=O)O)c3c2CCC3)cccc1-c1ccccc1.Cc1c(COc2cc(OCc3cccc(C(N)=O)c3)c(CN3CCCC[C@H]3C(=O)O)c3c2CCC3)cccc1-c1ccccc1. The van der Waals surface area contributed by atoms with Crippen LogP contribution in [0.25, 0.3) is 22.3 Å². The average Bonchev–Trinajstić information content (AvgIpc) is 2.43.